The SMILES string of the molecule is CCCCOC(=O)[C@H](N)Cc1cnc[nH]1. The fourth-order valence-corrected chi connectivity index (χ4v) is 1.14. The minimum atomic E-state index is -0.609. The molecule has 1 aromatic heterocycles. The maximum atomic E-state index is 11.4. The van der Waals surface area contributed by atoms with Gasteiger partial charge in [0, 0.05) is 18.3 Å². The second-order valence-corrected chi connectivity index (χ2v) is 3.41. The number of esters is 1. The Morgan fingerprint density at radius 1 is 1.73 bits per heavy atom. The fourth-order valence-electron chi connectivity index (χ4n) is 1.14. The number of carbonyl (C=O) groups excluding carboxylic acids is 1. The monoisotopic (exact) mass is 211 g/mol. The third-order valence-corrected chi connectivity index (χ3v) is 2.04. The Labute approximate surface area is 89.0 Å². The zero-order chi connectivity index (χ0) is 11.1. The minimum Gasteiger partial charge on any atom is -0.465 e. The lowest BCUT2D eigenvalue weighted by molar-refractivity contribution is -0.145. The van der Waals surface area contributed by atoms with Crippen LogP contribution in [0.15, 0.2) is 12.5 Å². The summed E-state index contributed by atoms with van der Waals surface area (Å²) in [5.41, 5.74) is 6.51. The van der Waals surface area contributed by atoms with Crippen LogP contribution in [0.4, 0.5) is 0 Å². The molecule has 0 amide bonds. The molecule has 0 aliphatic carbocycles. The first-order chi connectivity index (χ1) is 7.24. The average Bonchev–Trinajstić information content (AvgIpc) is 2.70. The van der Waals surface area contributed by atoms with Gasteiger partial charge in [-0.05, 0) is 6.42 Å². The van der Waals surface area contributed by atoms with Crippen molar-refractivity contribution in [3.63, 3.8) is 0 Å². The third kappa shape index (κ3) is 4.12. The van der Waals surface area contributed by atoms with Crippen LogP contribution in [0.2, 0.25) is 0 Å². The summed E-state index contributed by atoms with van der Waals surface area (Å²) in [6.45, 7) is 2.49. The van der Waals surface area contributed by atoms with E-state index in [4.69, 9.17) is 10.5 Å². The Morgan fingerprint density at radius 3 is 3.13 bits per heavy atom. The van der Waals surface area contributed by atoms with Crippen molar-refractivity contribution in [2.45, 2.75) is 32.2 Å². The highest BCUT2D eigenvalue weighted by molar-refractivity contribution is 5.75. The number of rotatable bonds is 6. The van der Waals surface area contributed by atoms with Crippen LogP contribution in [0.5, 0.6) is 0 Å². The first-order valence-electron chi connectivity index (χ1n) is 5.13. The van der Waals surface area contributed by atoms with E-state index in [-0.39, 0.29) is 5.97 Å². The lowest BCUT2D eigenvalue weighted by Gasteiger charge is -2.09. The Bertz CT molecular complexity index is 285. The van der Waals surface area contributed by atoms with E-state index in [1.807, 2.05) is 6.92 Å². The maximum absolute atomic E-state index is 11.4. The Hall–Kier alpha value is -1.36. The zero-order valence-corrected chi connectivity index (χ0v) is 8.90. The van der Waals surface area contributed by atoms with Crippen molar-refractivity contribution in [1.82, 2.24) is 9.97 Å². The molecule has 1 aromatic rings. The molecular formula is C10H17N3O2. The van der Waals surface area contributed by atoms with Gasteiger partial charge in [-0.3, -0.25) is 4.79 Å². The van der Waals surface area contributed by atoms with E-state index in [9.17, 15) is 4.79 Å². The minimum absolute atomic E-state index is 0.349. The van der Waals surface area contributed by atoms with Crippen LogP contribution in [-0.2, 0) is 16.0 Å². The molecule has 5 nitrogen and oxygen atoms in total. The molecule has 0 aliphatic rings. The van der Waals surface area contributed by atoms with E-state index in [2.05, 4.69) is 9.97 Å². The summed E-state index contributed by atoms with van der Waals surface area (Å²) in [6, 6.07) is -0.609. The molecule has 0 radical (unpaired) electrons. The number of unbranched alkanes of at least 4 members (excludes halogenated alkanes) is 1. The van der Waals surface area contributed by atoms with Crippen LogP contribution in [-0.4, -0.2) is 28.6 Å². The third-order valence-electron chi connectivity index (χ3n) is 2.04. The number of imidazole rings is 1. The standard InChI is InChI=1S/C10H17N3O2/c1-2-3-4-15-10(14)9(11)5-8-6-12-7-13-8/h6-7,9H,2-5,11H2,1H3,(H,12,13)/t9-/m1/s1. The number of nitrogens with zero attached hydrogens (tertiary/aromatic N) is 1. The number of nitrogens with two attached hydrogens (primary N) is 1. The topological polar surface area (TPSA) is 81.0 Å². The molecule has 1 heterocycles. The van der Waals surface area contributed by atoms with Crippen molar-refractivity contribution in [3.8, 4) is 0 Å². The van der Waals surface area contributed by atoms with Gasteiger partial charge >= 0.3 is 5.97 Å². The highest BCUT2D eigenvalue weighted by atomic mass is 16.5. The summed E-state index contributed by atoms with van der Waals surface area (Å²) < 4.78 is 4.99. The van der Waals surface area contributed by atoms with Gasteiger partial charge in [-0.1, -0.05) is 13.3 Å². The quantitative estimate of drug-likeness (QED) is 0.534. The summed E-state index contributed by atoms with van der Waals surface area (Å²) in [7, 11) is 0. The molecule has 3 N–H and O–H groups in total. The van der Waals surface area contributed by atoms with E-state index >= 15 is 0 Å². The molecule has 0 bridgehead atoms. The second kappa shape index (κ2) is 6.19. The van der Waals surface area contributed by atoms with Gasteiger partial charge in [0.2, 0.25) is 0 Å². The molecule has 84 valence electrons. The van der Waals surface area contributed by atoms with Crippen LogP contribution in [0.25, 0.3) is 0 Å². The number of hydrogen-bond donors (Lipinski definition) is 2. The molecule has 15 heavy (non-hydrogen) atoms. The molecule has 0 unspecified atom stereocenters. The lowest BCUT2D eigenvalue weighted by Crippen LogP contribution is -2.34. The van der Waals surface area contributed by atoms with Crippen LogP contribution in [0, 0.1) is 0 Å². The van der Waals surface area contributed by atoms with Crippen molar-refractivity contribution < 1.29 is 9.53 Å². The van der Waals surface area contributed by atoms with Crippen LogP contribution in [0.1, 0.15) is 25.5 Å². The van der Waals surface area contributed by atoms with E-state index in [0.717, 1.165) is 18.5 Å². The zero-order valence-electron chi connectivity index (χ0n) is 8.90. The Kier molecular flexibility index (Phi) is 4.83. The molecule has 1 rings (SSSR count). The van der Waals surface area contributed by atoms with Gasteiger partial charge in [0.15, 0.2) is 0 Å². The van der Waals surface area contributed by atoms with Crippen molar-refractivity contribution in [3.05, 3.63) is 18.2 Å². The molecule has 1 atom stereocenters. The smallest absolute Gasteiger partial charge is 0.323 e. The highest BCUT2D eigenvalue weighted by Crippen LogP contribution is 1.99. The van der Waals surface area contributed by atoms with E-state index in [1.165, 1.54) is 0 Å². The van der Waals surface area contributed by atoms with E-state index in [0.29, 0.717) is 13.0 Å². The van der Waals surface area contributed by atoms with Gasteiger partial charge in [0.05, 0.1) is 12.9 Å². The van der Waals surface area contributed by atoms with Crippen LogP contribution >= 0.6 is 0 Å². The lowest BCUT2D eigenvalue weighted by atomic mass is 10.2. The van der Waals surface area contributed by atoms with E-state index in [1.54, 1.807) is 12.5 Å². The predicted molar refractivity (Wildman–Crippen MR) is 56.1 cm³/mol. The highest BCUT2D eigenvalue weighted by Gasteiger charge is 2.15. The first kappa shape index (κ1) is 11.7. The fraction of sp³-hybridized carbons (Fsp3) is 0.600. The number of hydrogen-bond acceptors (Lipinski definition) is 4. The first-order valence-corrected chi connectivity index (χ1v) is 5.13. The number of ether oxygens (including phenoxy) is 1. The molecule has 5 heteroatoms. The second-order valence-electron chi connectivity index (χ2n) is 3.41. The van der Waals surface area contributed by atoms with Gasteiger partial charge in [-0.15, -0.1) is 0 Å². The Balaban J connectivity index is 2.27. The predicted octanol–water partition coefficient (Wildman–Crippen LogP) is 0.623. The molecule has 0 aromatic carbocycles. The number of aromatic nitrogens is 2. The molecule has 0 fully saturated rings. The summed E-state index contributed by atoms with van der Waals surface area (Å²) >= 11 is 0. The summed E-state index contributed by atoms with van der Waals surface area (Å²) in [5.74, 6) is -0.349. The summed E-state index contributed by atoms with van der Waals surface area (Å²) in [6.07, 6.45) is 5.53. The maximum Gasteiger partial charge on any atom is 0.323 e. The van der Waals surface area contributed by atoms with Crippen molar-refractivity contribution in [2.24, 2.45) is 5.73 Å². The van der Waals surface area contributed by atoms with Gasteiger partial charge in [-0.2, -0.15) is 0 Å². The van der Waals surface area contributed by atoms with Crippen LogP contribution < -0.4 is 5.73 Å². The average molecular weight is 211 g/mol. The molecule has 0 spiro atoms. The number of H-pyrrole nitrogens is 1. The Morgan fingerprint density at radius 2 is 2.53 bits per heavy atom. The van der Waals surface area contributed by atoms with Gasteiger partial charge in [0.25, 0.3) is 0 Å². The largest absolute Gasteiger partial charge is 0.465 e. The van der Waals surface area contributed by atoms with Gasteiger partial charge in [0.1, 0.15) is 6.04 Å². The van der Waals surface area contributed by atoms with E-state index < -0.39 is 6.04 Å². The van der Waals surface area contributed by atoms with Gasteiger partial charge in [-0.25, -0.2) is 4.98 Å². The van der Waals surface area contributed by atoms with Gasteiger partial charge < -0.3 is 15.5 Å². The van der Waals surface area contributed by atoms with Crippen molar-refractivity contribution in [2.75, 3.05) is 6.61 Å². The summed E-state index contributed by atoms with van der Waals surface area (Å²) in [4.78, 5) is 18.1. The van der Waals surface area contributed by atoms with Crippen molar-refractivity contribution >= 4 is 5.97 Å². The molecule has 0 saturated heterocycles. The molecule has 0 aliphatic heterocycles. The number of aromatic amines is 1. The summed E-state index contributed by atoms with van der Waals surface area (Å²) in [5, 5.41) is 0. The molecular weight excluding hydrogens is 194 g/mol. The normalized spacial score (nSPS) is 12.4. The van der Waals surface area contributed by atoms with Crippen molar-refractivity contribution in [1.29, 1.82) is 0 Å². The molecule has 0 saturated carbocycles. The number of carbonyl (C=O) groups is 1. The van der Waals surface area contributed by atoms with Crippen LogP contribution in [0.3, 0.4) is 0 Å². The number of nitrogens with one attached hydrogen (secondary N) is 1.